The van der Waals surface area contributed by atoms with Gasteiger partial charge < -0.3 is 9.15 Å². The summed E-state index contributed by atoms with van der Waals surface area (Å²) in [4.78, 5) is 22.4. The zero-order chi connectivity index (χ0) is 22.6. The van der Waals surface area contributed by atoms with Crippen LogP contribution in [0.3, 0.4) is 0 Å². The van der Waals surface area contributed by atoms with Crippen LogP contribution in [0, 0.1) is 17.0 Å². The van der Waals surface area contributed by atoms with E-state index in [1.807, 2.05) is 0 Å². The number of nitro benzene ring substituents is 1. The van der Waals surface area contributed by atoms with Crippen LogP contribution in [0.1, 0.15) is 36.7 Å². The first-order chi connectivity index (χ1) is 13.9. The van der Waals surface area contributed by atoms with Crippen LogP contribution in [-0.2, 0) is 14.3 Å². The molecule has 0 radical (unpaired) electrons. The minimum atomic E-state index is -3.85. The number of non-ortho nitro benzene ring substituents is 1. The highest BCUT2D eigenvalue weighted by atomic mass is 32.2. The molecule has 0 aliphatic heterocycles. The molecule has 0 amide bonds. The average molecular weight is 437 g/mol. The highest BCUT2D eigenvalue weighted by molar-refractivity contribution is 7.86. The van der Waals surface area contributed by atoms with E-state index in [2.05, 4.69) is 0 Å². The van der Waals surface area contributed by atoms with Crippen molar-refractivity contribution in [3.05, 3.63) is 73.3 Å². The van der Waals surface area contributed by atoms with Gasteiger partial charge in [-0.1, -0.05) is 13.0 Å². The minimum absolute atomic E-state index is 0.0596. The Bertz CT molecular complexity index is 1120. The smallest absolute Gasteiger partial charge is 0.342 e. The first-order valence-corrected chi connectivity index (χ1v) is 10.7. The molecule has 2 atom stereocenters. The summed E-state index contributed by atoms with van der Waals surface area (Å²) in [5.41, 5.74) is 0.786. The number of rotatable bonds is 8. The van der Waals surface area contributed by atoms with Crippen LogP contribution in [-0.4, -0.2) is 32.8 Å². The molecule has 162 valence electrons. The molecule has 0 saturated heterocycles. The van der Waals surface area contributed by atoms with Gasteiger partial charge in [0, 0.05) is 24.1 Å². The van der Waals surface area contributed by atoms with Crippen LogP contribution in [0.5, 0.6) is 5.75 Å². The zero-order valence-corrected chi connectivity index (χ0v) is 18.1. The number of nitrogens with zero attached hydrogens (tertiary/aromatic N) is 1. The number of benzene rings is 1. The fourth-order valence-corrected chi connectivity index (χ4v) is 3.61. The molecular formula is C20H23NO8S. The molecule has 10 heteroatoms. The van der Waals surface area contributed by atoms with Crippen molar-refractivity contribution in [2.75, 3.05) is 13.4 Å². The third-order valence-corrected chi connectivity index (χ3v) is 5.06. The van der Waals surface area contributed by atoms with Crippen molar-refractivity contribution < 1.29 is 26.7 Å². The van der Waals surface area contributed by atoms with Crippen LogP contribution < -0.4 is 10.4 Å². The maximum atomic E-state index is 12.1. The van der Waals surface area contributed by atoms with Gasteiger partial charge in [-0.2, -0.15) is 8.42 Å². The molecule has 2 unspecified atom stereocenters. The van der Waals surface area contributed by atoms with Crippen LogP contribution in [0.4, 0.5) is 5.69 Å². The van der Waals surface area contributed by atoms with Crippen molar-refractivity contribution in [2.24, 2.45) is 0 Å². The first-order valence-electron chi connectivity index (χ1n) is 8.92. The van der Waals surface area contributed by atoms with Crippen molar-refractivity contribution in [1.82, 2.24) is 0 Å². The number of methoxy groups -OCH3 is 1. The second-order valence-corrected chi connectivity index (χ2v) is 8.48. The fraction of sp³-hybridized carbons (Fsp3) is 0.350. The molecule has 0 aliphatic carbocycles. The van der Waals surface area contributed by atoms with E-state index in [1.165, 1.54) is 25.3 Å². The fourth-order valence-electron chi connectivity index (χ4n) is 2.92. The van der Waals surface area contributed by atoms with Gasteiger partial charge >= 0.3 is 5.63 Å². The Labute approximate surface area is 174 Å². The molecule has 1 aromatic heterocycles. The molecular weight excluding hydrogens is 414 g/mol. The Morgan fingerprint density at radius 2 is 1.87 bits per heavy atom. The molecule has 0 bridgehead atoms. The third kappa shape index (κ3) is 5.77. The SMILES string of the molecule is COc1cc(C(C)C(OS(C)(=O)=O)/C(C)=C/c2ccc([N+](=O)[O-])cc2)oc(=O)c1C. The quantitative estimate of drug-likeness (QED) is 0.349. The second kappa shape index (κ2) is 9.23. The Hall–Kier alpha value is -2.98. The highest BCUT2D eigenvalue weighted by Crippen LogP contribution is 2.31. The Morgan fingerprint density at radius 1 is 1.27 bits per heavy atom. The standard InChI is InChI=1S/C20H23NO8S/c1-12(10-15-6-8-16(9-7-15)21(23)24)19(29-30(5,25)26)13(2)18-11-17(27-4)14(3)20(22)28-18/h6-11,13,19H,1-5H3/b12-10+. The van der Waals surface area contributed by atoms with Gasteiger partial charge in [0.05, 0.1) is 23.9 Å². The molecule has 2 aromatic rings. The van der Waals surface area contributed by atoms with Crippen molar-refractivity contribution in [3.8, 4) is 5.75 Å². The normalized spacial score (nSPS) is 14.2. The van der Waals surface area contributed by atoms with E-state index in [4.69, 9.17) is 13.3 Å². The van der Waals surface area contributed by atoms with Gasteiger partial charge in [-0.15, -0.1) is 0 Å². The summed E-state index contributed by atoms with van der Waals surface area (Å²) in [6.07, 6.45) is 1.60. The molecule has 0 N–H and O–H groups in total. The Kier molecular flexibility index (Phi) is 7.16. The monoisotopic (exact) mass is 437 g/mol. The lowest BCUT2D eigenvalue weighted by atomic mass is 9.94. The van der Waals surface area contributed by atoms with Crippen molar-refractivity contribution in [1.29, 1.82) is 0 Å². The van der Waals surface area contributed by atoms with E-state index in [0.717, 1.165) is 6.26 Å². The lowest BCUT2D eigenvalue weighted by molar-refractivity contribution is -0.384. The molecule has 30 heavy (non-hydrogen) atoms. The topological polar surface area (TPSA) is 126 Å². The lowest BCUT2D eigenvalue weighted by Crippen LogP contribution is -2.26. The number of ether oxygens (including phenoxy) is 1. The maximum absolute atomic E-state index is 12.1. The molecule has 0 saturated carbocycles. The van der Waals surface area contributed by atoms with E-state index in [0.29, 0.717) is 22.4 Å². The van der Waals surface area contributed by atoms with E-state index in [-0.39, 0.29) is 11.4 Å². The molecule has 2 rings (SSSR count). The van der Waals surface area contributed by atoms with Crippen LogP contribution in [0.15, 0.2) is 45.1 Å². The summed E-state index contributed by atoms with van der Waals surface area (Å²) in [6.45, 7) is 4.89. The molecule has 0 fully saturated rings. The molecule has 0 spiro atoms. The van der Waals surface area contributed by atoms with E-state index in [1.54, 1.807) is 39.0 Å². The summed E-state index contributed by atoms with van der Waals surface area (Å²) in [6, 6.07) is 7.30. The molecule has 1 aromatic carbocycles. The van der Waals surface area contributed by atoms with Gasteiger partial charge in [0.2, 0.25) is 0 Å². The number of hydrogen-bond acceptors (Lipinski definition) is 8. The van der Waals surface area contributed by atoms with E-state index in [9.17, 15) is 23.3 Å². The lowest BCUT2D eigenvalue weighted by Gasteiger charge is -2.23. The van der Waals surface area contributed by atoms with E-state index >= 15 is 0 Å². The maximum Gasteiger partial charge on any atom is 0.342 e. The van der Waals surface area contributed by atoms with Crippen molar-refractivity contribution >= 4 is 21.9 Å². The summed E-state index contributed by atoms with van der Waals surface area (Å²) >= 11 is 0. The van der Waals surface area contributed by atoms with Crippen molar-refractivity contribution in [2.45, 2.75) is 32.8 Å². The summed E-state index contributed by atoms with van der Waals surface area (Å²) < 4.78 is 39.5. The number of nitro groups is 1. The van der Waals surface area contributed by atoms with Gasteiger partial charge in [-0.05, 0) is 37.1 Å². The third-order valence-electron chi connectivity index (χ3n) is 4.51. The van der Waals surface area contributed by atoms with Gasteiger partial charge in [0.15, 0.2) is 0 Å². The van der Waals surface area contributed by atoms with Gasteiger partial charge in [-0.3, -0.25) is 14.3 Å². The predicted molar refractivity (Wildman–Crippen MR) is 111 cm³/mol. The van der Waals surface area contributed by atoms with Gasteiger partial charge in [0.1, 0.15) is 17.6 Å². The summed E-state index contributed by atoms with van der Waals surface area (Å²) in [7, 11) is -2.43. The highest BCUT2D eigenvalue weighted by Gasteiger charge is 2.28. The molecule has 1 heterocycles. The van der Waals surface area contributed by atoms with E-state index < -0.39 is 32.7 Å². The number of hydrogen-bond donors (Lipinski definition) is 0. The van der Waals surface area contributed by atoms with Gasteiger partial charge in [0.25, 0.3) is 15.8 Å². The summed E-state index contributed by atoms with van der Waals surface area (Å²) in [5, 5.41) is 10.8. The largest absolute Gasteiger partial charge is 0.496 e. The van der Waals surface area contributed by atoms with Gasteiger partial charge in [-0.25, -0.2) is 4.79 Å². The van der Waals surface area contributed by atoms with Crippen molar-refractivity contribution in [3.63, 3.8) is 0 Å². The second-order valence-electron chi connectivity index (χ2n) is 6.88. The zero-order valence-electron chi connectivity index (χ0n) is 17.2. The predicted octanol–water partition coefficient (Wildman–Crippen LogP) is 3.42. The first kappa shape index (κ1) is 23.3. The Balaban J connectivity index is 2.48. The van der Waals surface area contributed by atoms with Crippen LogP contribution in [0.25, 0.3) is 6.08 Å². The molecule has 0 aliphatic rings. The summed E-state index contributed by atoms with van der Waals surface area (Å²) in [5.74, 6) is -0.132. The van der Waals surface area contributed by atoms with Crippen LogP contribution in [0.2, 0.25) is 0 Å². The molecule has 9 nitrogen and oxygen atoms in total. The minimum Gasteiger partial charge on any atom is -0.496 e. The Morgan fingerprint density at radius 3 is 2.37 bits per heavy atom. The average Bonchev–Trinajstić information content (AvgIpc) is 2.67. The van der Waals surface area contributed by atoms with Crippen LogP contribution >= 0.6 is 0 Å².